The predicted molar refractivity (Wildman–Crippen MR) is 81.0 cm³/mol. The fourth-order valence-electron chi connectivity index (χ4n) is 3.01. The summed E-state index contributed by atoms with van der Waals surface area (Å²) in [5.74, 6) is 0.619. The van der Waals surface area contributed by atoms with Gasteiger partial charge >= 0.3 is 0 Å². The Balaban J connectivity index is 2.36. The maximum atomic E-state index is 12.8. The molecule has 0 radical (unpaired) electrons. The Morgan fingerprint density at radius 3 is 2.73 bits per heavy atom. The fourth-order valence-corrected chi connectivity index (χ4v) is 3.01. The third-order valence-corrected chi connectivity index (χ3v) is 4.00. The number of aromatic hydroxyl groups is 1. The number of aryl methyl sites for hydroxylation is 1. The SMILES string of the molecule is COc1c2c(c3c(c1O)c(=O)c1ccccc1n3C)OCO2. The number of para-hydroxylation sites is 1. The highest BCUT2D eigenvalue weighted by Crippen LogP contribution is 2.51. The van der Waals surface area contributed by atoms with Crippen LogP contribution in [0.3, 0.4) is 0 Å². The molecular formula is C16H13NO5. The van der Waals surface area contributed by atoms with Crippen LogP contribution in [0.25, 0.3) is 21.8 Å². The van der Waals surface area contributed by atoms with E-state index in [9.17, 15) is 9.90 Å². The maximum absolute atomic E-state index is 12.8. The van der Waals surface area contributed by atoms with Gasteiger partial charge in [0.05, 0.1) is 18.0 Å². The summed E-state index contributed by atoms with van der Waals surface area (Å²) in [6, 6.07) is 7.22. The molecule has 6 nitrogen and oxygen atoms in total. The van der Waals surface area contributed by atoms with E-state index in [-0.39, 0.29) is 29.1 Å². The summed E-state index contributed by atoms with van der Waals surface area (Å²) in [6.07, 6.45) is 0. The third kappa shape index (κ3) is 1.41. The Labute approximate surface area is 125 Å². The first kappa shape index (κ1) is 12.8. The number of methoxy groups -OCH3 is 1. The van der Waals surface area contributed by atoms with Crippen LogP contribution in [-0.4, -0.2) is 23.6 Å². The Morgan fingerprint density at radius 1 is 1.23 bits per heavy atom. The first-order valence-electron chi connectivity index (χ1n) is 6.75. The molecule has 2 heterocycles. The number of nitrogens with zero attached hydrogens (tertiary/aromatic N) is 1. The minimum Gasteiger partial charge on any atom is -0.504 e. The van der Waals surface area contributed by atoms with Gasteiger partial charge in [0, 0.05) is 12.4 Å². The van der Waals surface area contributed by atoms with Crippen LogP contribution in [0.5, 0.6) is 23.0 Å². The summed E-state index contributed by atoms with van der Waals surface area (Å²) in [5.41, 5.74) is 0.981. The maximum Gasteiger partial charge on any atom is 0.231 e. The van der Waals surface area contributed by atoms with Gasteiger partial charge in [0.15, 0.2) is 11.5 Å². The second-order valence-electron chi connectivity index (χ2n) is 5.08. The zero-order chi connectivity index (χ0) is 15.4. The molecule has 4 rings (SSSR count). The zero-order valence-electron chi connectivity index (χ0n) is 12.0. The van der Waals surface area contributed by atoms with Crippen molar-refractivity contribution in [2.24, 2.45) is 7.05 Å². The molecular weight excluding hydrogens is 286 g/mol. The second-order valence-corrected chi connectivity index (χ2v) is 5.08. The Hall–Kier alpha value is -2.89. The molecule has 1 aliphatic heterocycles. The minimum atomic E-state index is -0.266. The monoisotopic (exact) mass is 299 g/mol. The van der Waals surface area contributed by atoms with Crippen molar-refractivity contribution in [3.8, 4) is 23.0 Å². The van der Waals surface area contributed by atoms with Crippen LogP contribution in [-0.2, 0) is 7.05 Å². The molecule has 2 aromatic carbocycles. The Bertz CT molecular complexity index is 990. The molecule has 3 aromatic rings. The molecule has 1 N–H and O–H groups in total. The van der Waals surface area contributed by atoms with Crippen molar-refractivity contribution in [1.82, 2.24) is 4.57 Å². The van der Waals surface area contributed by atoms with Gasteiger partial charge in [0.2, 0.25) is 23.7 Å². The average molecular weight is 299 g/mol. The lowest BCUT2D eigenvalue weighted by molar-refractivity contribution is 0.171. The summed E-state index contributed by atoms with van der Waals surface area (Å²) in [6.45, 7) is 0.0191. The lowest BCUT2D eigenvalue weighted by Gasteiger charge is -2.15. The first-order chi connectivity index (χ1) is 10.6. The molecule has 0 atom stereocenters. The van der Waals surface area contributed by atoms with Crippen LogP contribution in [0, 0.1) is 0 Å². The number of phenolic OH excluding ortho intramolecular Hbond substituents is 1. The molecule has 1 aliphatic rings. The van der Waals surface area contributed by atoms with Crippen molar-refractivity contribution in [2.45, 2.75) is 0 Å². The van der Waals surface area contributed by atoms with E-state index in [0.29, 0.717) is 22.4 Å². The molecule has 0 saturated carbocycles. The van der Waals surface area contributed by atoms with Crippen LogP contribution >= 0.6 is 0 Å². The van der Waals surface area contributed by atoms with Gasteiger partial charge in [-0.25, -0.2) is 0 Å². The molecule has 6 heteroatoms. The molecule has 1 aromatic heterocycles. The van der Waals surface area contributed by atoms with Crippen LogP contribution in [0.2, 0.25) is 0 Å². The average Bonchev–Trinajstić information content (AvgIpc) is 3.01. The number of hydrogen-bond donors (Lipinski definition) is 1. The normalized spacial score (nSPS) is 13.0. The van der Waals surface area contributed by atoms with Gasteiger partial charge in [0.1, 0.15) is 5.52 Å². The molecule has 0 saturated heterocycles. The summed E-state index contributed by atoms with van der Waals surface area (Å²) in [5, 5.41) is 11.2. The molecule has 0 aliphatic carbocycles. The van der Waals surface area contributed by atoms with Crippen molar-refractivity contribution < 1.29 is 19.3 Å². The van der Waals surface area contributed by atoms with E-state index in [1.54, 1.807) is 12.1 Å². The van der Waals surface area contributed by atoms with E-state index in [4.69, 9.17) is 14.2 Å². The fraction of sp³-hybridized carbons (Fsp3) is 0.188. The van der Waals surface area contributed by atoms with Crippen LogP contribution in [0.15, 0.2) is 29.1 Å². The van der Waals surface area contributed by atoms with Crippen molar-refractivity contribution in [2.75, 3.05) is 13.9 Å². The van der Waals surface area contributed by atoms with Gasteiger partial charge in [0.25, 0.3) is 0 Å². The molecule has 112 valence electrons. The van der Waals surface area contributed by atoms with Crippen molar-refractivity contribution in [3.05, 3.63) is 34.5 Å². The summed E-state index contributed by atoms with van der Waals surface area (Å²) < 4.78 is 17.9. The van der Waals surface area contributed by atoms with E-state index in [1.807, 2.05) is 23.7 Å². The molecule has 0 bridgehead atoms. The number of fused-ring (bicyclic) bond motifs is 4. The molecule has 0 fully saturated rings. The molecule has 22 heavy (non-hydrogen) atoms. The second kappa shape index (κ2) is 4.30. The van der Waals surface area contributed by atoms with Crippen molar-refractivity contribution in [3.63, 3.8) is 0 Å². The minimum absolute atomic E-state index is 0.0191. The first-order valence-corrected chi connectivity index (χ1v) is 6.75. The van der Waals surface area contributed by atoms with Crippen LogP contribution in [0.1, 0.15) is 0 Å². The molecule has 0 unspecified atom stereocenters. The topological polar surface area (TPSA) is 69.9 Å². The van der Waals surface area contributed by atoms with E-state index >= 15 is 0 Å². The highest BCUT2D eigenvalue weighted by atomic mass is 16.7. The van der Waals surface area contributed by atoms with Gasteiger partial charge in [-0.3, -0.25) is 4.79 Å². The van der Waals surface area contributed by atoms with E-state index in [1.165, 1.54) is 7.11 Å². The number of pyridine rings is 1. The van der Waals surface area contributed by atoms with Gasteiger partial charge in [-0.2, -0.15) is 0 Å². The highest BCUT2D eigenvalue weighted by molar-refractivity contribution is 6.02. The summed E-state index contributed by atoms with van der Waals surface area (Å²) in [7, 11) is 3.23. The largest absolute Gasteiger partial charge is 0.504 e. The van der Waals surface area contributed by atoms with E-state index < -0.39 is 0 Å². The smallest absolute Gasteiger partial charge is 0.231 e. The van der Waals surface area contributed by atoms with Gasteiger partial charge in [-0.05, 0) is 12.1 Å². The van der Waals surface area contributed by atoms with E-state index in [2.05, 4.69) is 0 Å². The van der Waals surface area contributed by atoms with Crippen molar-refractivity contribution >= 4 is 21.8 Å². The summed E-state index contributed by atoms with van der Waals surface area (Å²) >= 11 is 0. The van der Waals surface area contributed by atoms with Gasteiger partial charge in [-0.15, -0.1) is 0 Å². The zero-order valence-corrected chi connectivity index (χ0v) is 12.0. The van der Waals surface area contributed by atoms with Crippen LogP contribution < -0.4 is 19.6 Å². The quantitative estimate of drug-likeness (QED) is 0.697. The third-order valence-electron chi connectivity index (χ3n) is 4.00. The molecule has 0 amide bonds. The number of phenols is 1. The molecule has 0 spiro atoms. The lowest BCUT2D eigenvalue weighted by Crippen LogP contribution is -2.10. The van der Waals surface area contributed by atoms with Crippen LogP contribution in [0.4, 0.5) is 0 Å². The highest BCUT2D eigenvalue weighted by Gasteiger charge is 2.30. The van der Waals surface area contributed by atoms with Crippen molar-refractivity contribution in [1.29, 1.82) is 0 Å². The number of aromatic nitrogens is 1. The number of benzene rings is 2. The number of hydrogen-bond acceptors (Lipinski definition) is 5. The van der Waals surface area contributed by atoms with Gasteiger partial charge < -0.3 is 23.9 Å². The standard InChI is InChI=1S/C16H13NO5/c1-17-9-6-4-3-5-8(9)12(18)10-11(17)14-16(22-7-21-14)15(20-2)13(10)19/h3-6,19H,7H2,1-2H3. The Kier molecular flexibility index (Phi) is 2.51. The Morgan fingerprint density at radius 2 is 1.95 bits per heavy atom. The summed E-state index contributed by atoms with van der Waals surface area (Å²) in [4.78, 5) is 12.8. The number of rotatable bonds is 1. The van der Waals surface area contributed by atoms with Gasteiger partial charge in [-0.1, -0.05) is 12.1 Å². The number of ether oxygens (including phenoxy) is 3. The lowest BCUT2D eigenvalue weighted by atomic mass is 10.1. The van der Waals surface area contributed by atoms with E-state index in [0.717, 1.165) is 5.52 Å². The predicted octanol–water partition coefficient (Wildman–Crippen LogP) is 2.13.